The van der Waals surface area contributed by atoms with Gasteiger partial charge in [0.2, 0.25) is 0 Å². The number of carbonyl (C=O) groups is 1. The Morgan fingerprint density at radius 2 is 2.00 bits per heavy atom. The maximum atomic E-state index is 11.8. The molecule has 0 heterocycles. The predicted molar refractivity (Wildman–Crippen MR) is 75.8 cm³/mol. The van der Waals surface area contributed by atoms with Crippen LogP contribution in [0.1, 0.15) is 20.3 Å². The van der Waals surface area contributed by atoms with Crippen molar-refractivity contribution in [3.63, 3.8) is 0 Å². The zero-order chi connectivity index (χ0) is 14.5. The fraction of sp³-hybridized carbons (Fsp3) is 0.385. The molecule has 1 atom stereocenters. The summed E-state index contributed by atoms with van der Waals surface area (Å²) in [5.74, 6) is 0.646. The minimum atomic E-state index is -0.837. The number of urea groups is 1. The molecule has 0 bridgehead atoms. The van der Waals surface area contributed by atoms with Crippen LogP contribution < -0.4 is 21.1 Å². The fourth-order valence-electron chi connectivity index (χ4n) is 1.43. The lowest BCUT2D eigenvalue weighted by Crippen LogP contribution is -2.55. The van der Waals surface area contributed by atoms with Crippen molar-refractivity contribution >= 4 is 17.6 Å². The highest BCUT2D eigenvalue weighted by Gasteiger charge is 2.27. The van der Waals surface area contributed by atoms with Gasteiger partial charge in [-0.1, -0.05) is 6.92 Å². The molecule has 6 nitrogen and oxygen atoms in total. The van der Waals surface area contributed by atoms with Crippen LogP contribution in [0.15, 0.2) is 24.3 Å². The molecule has 1 unspecified atom stereocenters. The molecule has 0 radical (unpaired) electrons. The largest absolute Gasteiger partial charge is 0.497 e. The SMILES string of the molecule is CCC(C)(NC(=O)Nc1ccc(OC)cc1)C(=N)N. The van der Waals surface area contributed by atoms with Crippen molar-refractivity contribution in [1.29, 1.82) is 5.41 Å². The molecule has 0 spiro atoms. The first-order chi connectivity index (χ1) is 8.91. The maximum Gasteiger partial charge on any atom is 0.320 e. The number of methoxy groups -OCH3 is 1. The first kappa shape index (κ1) is 14.8. The average Bonchev–Trinajstić information content (AvgIpc) is 2.39. The number of nitrogens with two attached hydrogens (primary N) is 1. The van der Waals surface area contributed by atoms with Gasteiger partial charge in [0.25, 0.3) is 0 Å². The van der Waals surface area contributed by atoms with Crippen LogP contribution in [-0.4, -0.2) is 24.5 Å². The number of hydrogen-bond donors (Lipinski definition) is 4. The van der Waals surface area contributed by atoms with Gasteiger partial charge in [-0.05, 0) is 37.6 Å². The van der Waals surface area contributed by atoms with E-state index in [1.165, 1.54) is 0 Å². The third-order valence-corrected chi connectivity index (χ3v) is 3.04. The molecule has 0 aliphatic carbocycles. The number of rotatable bonds is 5. The molecular formula is C13H20N4O2. The number of ether oxygens (including phenoxy) is 1. The van der Waals surface area contributed by atoms with E-state index in [4.69, 9.17) is 15.9 Å². The maximum absolute atomic E-state index is 11.8. The number of anilines is 1. The molecule has 2 amide bonds. The van der Waals surface area contributed by atoms with E-state index in [1.54, 1.807) is 38.3 Å². The van der Waals surface area contributed by atoms with Crippen LogP contribution >= 0.6 is 0 Å². The number of amidine groups is 1. The zero-order valence-electron chi connectivity index (χ0n) is 11.4. The Morgan fingerprint density at radius 1 is 1.42 bits per heavy atom. The summed E-state index contributed by atoms with van der Waals surface area (Å²) in [4.78, 5) is 11.8. The summed E-state index contributed by atoms with van der Waals surface area (Å²) in [6, 6.07) is 6.56. The summed E-state index contributed by atoms with van der Waals surface area (Å²) in [5, 5.41) is 12.9. The van der Waals surface area contributed by atoms with Crippen LogP contribution in [0.25, 0.3) is 0 Å². The second kappa shape index (κ2) is 6.08. The Kier molecular flexibility index (Phi) is 4.74. The van der Waals surface area contributed by atoms with Crippen LogP contribution in [0.5, 0.6) is 5.75 Å². The molecule has 1 aromatic rings. The summed E-state index contributed by atoms with van der Waals surface area (Å²) in [6.07, 6.45) is 0.540. The van der Waals surface area contributed by atoms with Crippen LogP contribution in [-0.2, 0) is 0 Å². The normalized spacial score (nSPS) is 13.2. The molecule has 104 valence electrons. The first-order valence-electron chi connectivity index (χ1n) is 5.99. The minimum Gasteiger partial charge on any atom is -0.497 e. The van der Waals surface area contributed by atoms with E-state index in [1.807, 2.05) is 6.92 Å². The average molecular weight is 264 g/mol. The fourth-order valence-corrected chi connectivity index (χ4v) is 1.43. The van der Waals surface area contributed by atoms with Crippen LogP contribution in [0.3, 0.4) is 0 Å². The zero-order valence-corrected chi connectivity index (χ0v) is 11.4. The van der Waals surface area contributed by atoms with Gasteiger partial charge in [-0.3, -0.25) is 5.41 Å². The number of amides is 2. The molecule has 1 aromatic carbocycles. The topological polar surface area (TPSA) is 100 Å². The summed E-state index contributed by atoms with van der Waals surface area (Å²) < 4.78 is 5.03. The predicted octanol–water partition coefficient (Wildman–Crippen LogP) is 1.92. The molecule has 0 fully saturated rings. The first-order valence-corrected chi connectivity index (χ1v) is 5.99. The molecule has 0 aliphatic heterocycles. The van der Waals surface area contributed by atoms with E-state index in [0.29, 0.717) is 17.9 Å². The Balaban J connectivity index is 2.66. The molecule has 1 rings (SSSR count). The highest BCUT2D eigenvalue weighted by molar-refractivity contribution is 5.96. The number of carbonyl (C=O) groups excluding carboxylic acids is 1. The molecule has 0 saturated heterocycles. The molecule has 0 aliphatic rings. The Hall–Kier alpha value is -2.24. The van der Waals surface area contributed by atoms with Crippen molar-refractivity contribution in [2.24, 2.45) is 5.73 Å². The number of nitrogens with one attached hydrogen (secondary N) is 3. The Bertz CT molecular complexity index is 458. The molecule has 0 saturated carbocycles. The molecule has 0 aromatic heterocycles. The highest BCUT2D eigenvalue weighted by Crippen LogP contribution is 2.15. The lowest BCUT2D eigenvalue weighted by atomic mass is 9.98. The van der Waals surface area contributed by atoms with Crippen molar-refractivity contribution in [2.75, 3.05) is 12.4 Å². The van der Waals surface area contributed by atoms with Gasteiger partial charge < -0.3 is 21.1 Å². The highest BCUT2D eigenvalue weighted by atomic mass is 16.5. The lowest BCUT2D eigenvalue weighted by molar-refractivity contribution is 0.245. The van der Waals surface area contributed by atoms with Crippen molar-refractivity contribution in [3.8, 4) is 5.75 Å². The lowest BCUT2D eigenvalue weighted by Gasteiger charge is -2.28. The van der Waals surface area contributed by atoms with E-state index in [2.05, 4.69) is 10.6 Å². The molecule has 19 heavy (non-hydrogen) atoms. The standard InChI is InChI=1S/C13H20N4O2/c1-4-13(2,11(14)15)17-12(18)16-9-5-7-10(19-3)8-6-9/h5-8H,4H2,1-3H3,(H3,14,15)(H2,16,17,18). The minimum absolute atomic E-state index is 0.0696. The summed E-state index contributed by atoms with van der Waals surface area (Å²) >= 11 is 0. The van der Waals surface area contributed by atoms with Crippen LogP contribution in [0.4, 0.5) is 10.5 Å². The van der Waals surface area contributed by atoms with E-state index in [-0.39, 0.29) is 5.84 Å². The summed E-state index contributed by atoms with van der Waals surface area (Å²) in [5.41, 5.74) is 5.29. The van der Waals surface area contributed by atoms with E-state index >= 15 is 0 Å². The number of hydrogen-bond acceptors (Lipinski definition) is 3. The van der Waals surface area contributed by atoms with E-state index in [9.17, 15) is 4.79 Å². The van der Waals surface area contributed by atoms with Gasteiger partial charge in [0, 0.05) is 5.69 Å². The van der Waals surface area contributed by atoms with Gasteiger partial charge in [-0.2, -0.15) is 0 Å². The Labute approximate surface area is 112 Å². The molecule has 5 N–H and O–H groups in total. The van der Waals surface area contributed by atoms with Gasteiger partial charge in [0.05, 0.1) is 12.6 Å². The van der Waals surface area contributed by atoms with Crippen molar-refractivity contribution in [1.82, 2.24) is 5.32 Å². The monoisotopic (exact) mass is 264 g/mol. The van der Waals surface area contributed by atoms with Gasteiger partial charge in [-0.15, -0.1) is 0 Å². The van der Waals surface area contributed by atoms with E-state index in [0.717, 1.165) is 0 Å². The van der Waals surface area contributed by atoms with Crippen LogP contribution in [0, 0.1) is 5.41 Å². The van der Waals surface area contributed by atoms with Crippen molar-refractivity contribution < 1.29 is 9.53 Å². The van der Waals surface area contributed by atoms with Gasteiger partial charge in [0.15, 0.2) is 0 Å². The number of benzene rings is 1. The Morgan fingerprint density at radius 3 is 2.42 bits per heavy atom. The quantitative estimate of drug-likeness (QED) is 0.483. The summed E-state index contributed by atoms with van der Waals surface area (Å²) in [7, 11) is 1.58. The van der Waals surface area contributed by atoms with Gasteiger partial charge in [0.1, 0.15) is 11.6 Å². The smallest absolute Gasteiger partial charge is 0.320 e. The van der Waals surface area contributed by atoms with E-state index < -0.39 is 11.6 Å². The molecule has 6 heteroatoms. The van der Waals surface area contributed by atoms with Gasteiger partial charge in [-0.25, -0.2) is 4.79 Å². The second-order valence-electron chi connectivity index (χ2n) is 4.41. The molecular weight excluding hydrogens is 244 g/mol. The van der Waals surface area contributed by atoms with Crippen molar-refractivity contribution in [3.05, 3.63) is 24.3 Å². The third-order valence-electron chi connectivity index (χ3n) is 3.04. The van der Waals surface area contributed by atoms with Crippen molar-refractivity contribution in [2.45, 2.75) is 25.8 Å². The third kappa shape index (κ3) is 3.87. The second-order valence-corrected chi connectivity index (χ2v) is 4.41. The van der Waals surface area contributed by atoms with Gasteiger partial charge >= 0.3 is 6.03 Å². The van der Waals surface area contributed by atoms with Crippen LogP contribution in [0.2, 0.25) is 0 Å². The summed E-state index contributed by atoms with van der Waals surface area (Å²) in [6.45, 7) is 3.57.